The molecular weight excluding hydrogens is 252 g/mol. The molecule has 0 bridgehead atoms. The standard InChI is InChI=1S/C13H12O6/c1-16-8-4-7-5-9(12(14)18-3)13(15)19-11(7)10(6-8)17-2/h4-6H,1-3H3. The van der Waals surface area contributed by atoms with Crippen LogP contribution in [-0.2, 0) is 4.74 Å². The maximum absolute atomic E-state index is 11.7. The number of benzene rings is 1. The SMILES string of the molecule is COC(=O)c1cc2cc(OC)cc(OC)c2oc1=O. The highest BCUT2D eigenvalue weighted by atomic mass is 16.5. The van der Waals surface area contributed by atoms with E-state index in [1.807, 2.05) is 0 Å². The van der Waals surface area contributed by atoms with E-state index in [0.29, 0.717) is 16.9 Å². The summed E-state index contributed by atoms with van der Waals surface area (Å²) in [6.45, 7) is 0. The van der Waals surface area contributed by atoms with E-state index in [4.69, 9.17) is 13.9 Å². The second-order valence-electron chi connectivity index (χ2n) is 3.69. The zero-order valence-corrected chi connectivity index (χ0v) is 10.7. The second kappa shape index (κ2) is 5.01. The maximum Gasteiger partial charge on any atom is 0.351 e. The Kier molecular flexibility index (Phi) is 3.41. The zero-order valence-electron chi connectivity index (χ0n) is 10.7. The molecule has 0 aliphatic heterocycles. The van der Waals surface area contributed by atoms with Gasteiger partial charge in [-0.3, -0.25) is 0 Å². The van der Waals surface area contributed by atoms with Gasteiger partial charge in [-0.25, -0.2) is 9.59 Å². The van der Waals surface area contributed by atoms with Gasteiger partial charge >= 0.3 is 11.6 Å². The first-order chi connectivity index (χ1) is 9.10. The number of methoxy groups -OCH3 is 3. The molecule has 0 aliphatic rings. The molecule has 0 saturated carbocycles. The van der Waals surface area contributed by atoms with Crippen LogP contribution in [0.4, 0.5) is 0 Å². The third kappa shape index (κ3) is 2.24. The number of fused-ring (bicyclic) bond motifs is 1. The molecule has 6 nitrogen and oxygen atoms in total. The molecule has 0 fully saturated rings. The summed E-state index contributed by atoms with van der Waals surface area (Å²) >= 11 is 0. The van der Waals surface area contributed by atoms with Crippen LogP contribution in [0.3, 0.4) is 0 Å². The largest absolute Gasteiger partial charge is 0.497 e. The van der Waals surface area contributed by atoms with E-state index in [2.05, 4.69) is 4.74 Å². The minimum Gasteiger partial charge on any atom is -0.497 e. The Morgan fingerprint density at radius 3 is 2.42 bits per heavy atom. The number of ether oxygens (including phenoxy) is 3. The summed E-state index contributed by atoms with van der Waals surface area (Å²) in [7, 11) is 4.14. The summed E-state index contributed by atoms with van der Waals surface area (Å²) < 4.78 is 19.8. The highest BCUT2D eigenvalue weighted by Crippen LogP contribution is 2.30. The molecule has 1 aromatic heterocycles. The molecular formula is C13H12O6. The summed E-state index contributed by atoms with van der Waals surface area (Å²) in [5, 5.41) is 0.510. The van der Waals surface area contributed by atoms with E-state index in [1.165, 1.54) is 27.4 Å². The number of hydrogen-bond donors (Lipinski definition) is 0. The van der Waals surface area contributed by atoms with Gasteiger partial charge in [-0.15, -0.1) is 0 Å². The van der Waals surface area contributed by atoms with Crippen molar-refractivity contribution in [3.05, 3.63) is 34.2 Å². The van der Waals surface area contributed by atoms with E-state index in [-0.39, 0.29) is 11.1 Å². The van der Waals surface area contributed by atoms with Crippen LogP contribution in [0.15, 0.2) is 27.4 Å². The van der Waals surface area contributed by atoms with Crippen LogP contribution < -0.4 is 15.1 Å². The lowest BCUT2D eigenvalue weighted by Crippen LogP contribution is -2.15. The first-order valence-corrected chi connectivity index (χ1v) is 5.39. The van der Waals surface area contributed by atoms with E-state index >= 15 is 0 Å². The van der Waals surface area contributed by atoms with Gasteiger partial charge in [-0.2, -0.15) is 0 Å². The smallest absolute Gasteiger partial charge is 0.351 e. The van der Waals surface area contributed by atoms with Gasteiger partial charge in [0.15, 0.2) is 11.3 Å². The minimum atomic E-state index is -0.775. The predicted molar refractivity (Wildman–Crippen MR) is 66.9 cm³/mol. The van der Waals surface area contributed by atoms with Crippen LogP contribution in [0.2, 0.25) is 0 Å². The Labute approximate surface area is 108 Å². The van der Waals surface area contributed by atoms with Crippen LogP contribution in [0.1, 0.15) is 10.4 Å². The van der Waals surface area contributed by atoms with Crippen LogP contribution in [0.5, 0.6) is 11.5 Å². The molecule has 0 aliphatic carbocycles. The Morgan fingerprint density at radius 1 is 1.11 bits per heavy atom. The van der Waals surface area contributed by atoms with Gasteiger partial charge in [0.2, 0.25) is 0 Å². The number of rotatable bonds is 3. The summed E-state index contributed by atoms with van der Waals surface area (Å²) in [5.74, 6) is 0.120. The molecule has 2 aromatic rings. The first kappa shape index (κ1) is 12.9. The number of carbonyl (C=O) groups excluding carboxylic acids is 1. The van der Waals surface area contributed by atoms with Crippen LogP contribution in [0, 0.1) is 0 Å². The van der Waals surface area contributed by atoms with Gasteiger partial charge in [-0.05, 0) is 12.1 Å². The number of esters is 1. The molecule has 19 heavy (non-hydrogen) atoms. The molecule has 2 rings (SSSR count). The molecule has 1 aromatic carbocycles. The van der Waals surface area contributed by atoms with E-state index in [9.17, 15) is 9.59 Å². The van der Waals surface area contributed by atoms with Crippen molar-refractivity contribution in [3.8, 4) is 11.5 Å². The maximum atomic E-state index is 11.7. The lowest BCUT2D eigenvalue weighted by molar-refractivity contribution is 0.0596. The fraction of sp³-hybridized carbons (Fsp3) is 0.231. The summed E-state index contributed by atoms with van der Waals surface area (Å²) in [6.07, 6.45) is 0. The van der Waals surface area contributed by atoms with Crippen molar-refractivity contribution in [2.45, 2.75) is 0 Å². The van der Waals surface area contributed by atoms with E-state index in [0.717, 1.165) is 0 Å². The minimum absolute atomic E-state index is 0.176. The first-order valence-electron chi connectivity index (χ1n) is 5.39. The third-order valence-electron chi connectivity index (χ3n) is 2.63. The van der Waals surface area contributed by atoms with Crippen molar-refractivity contribution in [1.29, 1.82) is 0 Å². The van der Waals surface area contributed by atoms with Crippen molar-refractivity contribution in [2.75, 3.05) is 21.3 Å². The average molecular weight is 264 g/mol. The van der Waals surface area contributed by atoms with E-state index in [1.54, 1.807) is 12.1 Å². The third-order valence-corrected chi connectivity index (χ3v) is 2.63. The highest BCUT2D eigenvalue weighted by Gasteiger charge is 2.16. The molecule has 0 amide bonds. The lowest BCUT2D eigenvalue weighted by atomic mass is 10.1. The Hall–Kier alpha value is -2.50. The number of hydrogen-bond acceptors (Lipinski definition) is 6. The van der Waals surface area contributed by atoms with Gasteiger partial charge in [0.05, 0.1) is 21.3 Å². The molecule has 0 saturated heterocycles. The Balaban J connectivity index is 2.78. The van der Waals surface area contributed by atoms with Crippen molar-refractivity contribution in [2.24, 2.45) is 0 Å². The molecule has 0 N–H and O–H groups in total. The van der Waals surface area contributed by atoms with Crippen LogP contribution in [0.25, 0.3) is 11.0 Å². The van der Waals surface area contributed by atoms with Gasteiger partial charge in [0.25, 0.3) is 0 Å². The summed E-state index contributed by atoms with van der Waals surface area (Å²) in [5.41, 5.74) is -0.700. The topological polar surface area (TPSA) is 75.0 Å². The molecule has 0 spiro atoms. The highest BCUT2D eigenvalue weighted by molar-refractivity contribution is 5.94. The van der Waals surface area contributed by atoms with Gasteiger partial charge in [-0.1, -0.05) is 0 Å². The Bertz CT molecular complexity index is 685. The fourth-order valence-corrected chi connectivity index (χ4v) is 1.70. The van der Waals surface area contributed by atoms with Gasteiger partial charge < -0.3 is 18.6 Å². The summed E-state index contributed by atoms with van der Waals surface area (Å²) in [6, 6.07) is 4.61. The molecule has 6 heteroatoms. The molecule has 0 atom stereocenters. The molecule has 0 radical (unpaired) electrons. The predicted octanol–water partition coefficient (Wildman–Crippen LogP) is 1.60. The summed E-state index contributed by atoms with van der Waals surface area (Å²) in [4.78, 5) is 23.1. The van der Waals surface area contributed by atoms with Crippen molar-refractivity contribution in [3.63, 3.8) is 0 Å². The van der Waals surface area contributed by atoms with Crippen LogP contribution in [-0.4, -0.2) is 27.3 Å². The Morgan fingerprint density at radius 2 is 1.84 bits per heavy atom. The lowest BCUT2D eigenvalue weighted by Gasteiger charge is -2.08. The molecule has 100 valence electrons. The van der Waals surface area contributed by atoms with Crippen molar-refractivity contribution >= 4 is 16.9 Å². The van der Waals surface area contributed by atoms with Gasteiger partial charge in [0.1, 0.15) is 11.3 Å². The quantitative estimate of drug-likeness (QED) is 0.619. The van der Waals surface area contributed by atoms with Crippen LogP contribution >= 0.6 is 0 Å². The monoisotopic (exact) mass is 264 g/mol. The average Bonchev–Trinajstić information content (AvgIpc) is 2.44. The zero-order chi connectivity index (χ0) is 14.0. The normalized spacial score (nSPS) is 10.3. The van der Waals surface area contributed by atoms with E-state index < -0.39 is 11.6 Å². The molecule has 1 heterocycles. The van der Waals surface area contributed by atoms with Crippen molar-refractivity contribution in [1.82, 2.24) is 0 Å². The van der Waals surface area contributed by atoms with Gasteiger partial charge in [0, 0.05) is 11.5 Å². The fourth-order valence-electron chi connectivity index (χ4n) is 1.70. The molecule has 0 unspecified atom stereocenters. The second-order valence-corrected chi connectivity index (χ2v) is 3.69. The van der Waals surface area contributed by atoms with Crippen molar-refractivity contribution < 1.29 is 23.4 Å². The number of carbonyl (C=O) groups is 1.